The van der Waals surface area contributed by atoms with Crippen molar-refractivity contribution < 1.29 is 21.9 Å². The molecule has 0 fully saturated rings. The smallest absolute Gasteiger partial charge is 0.387 e. The highest BCUT2D eigenvalue weighted by Gasteiger charge is 2.03. The Morgan fingerprint density at radius 3 is 2.27 bits per heavy atom. The van der Waals surface area contributed by atoms with Gasteiger partial charge in [-0.1, -0.05) is 12.1 Å². The maximum absolute atomic E-state index is 11.8. The molecule has 0 aliphatic carbocycles. The highest BCUT2D eigenvalue weighted by Crippen LogP contribution is 2.14. The maximum Gasteiger partial charge on any atom is 0.387 e. The van der Waals surface area contributed by atoms with E-state index >= 15 is 0 Å². The first-order valence-electron chi connectivity index (χ1n) is 4.23. The normalized spacial score (nSPS) is 10.9. The van der Waals surface area contributed by atoms with Gasteiger partial charge < -0.3 is 4.74 Å². The van der Waals surface area contributed by atoms with E-state index in [1.54, 1.807) is 12.1 Å². The maximum atomic E-state index is 11.8. The summed E-state index contributed by atoms with van der Waals surface area (Å²) in [5.74, 6) is 0.130. The van der Waals surface area contributed by atoms with Gasteiger partial charge in [0.2, 0.25) is 0 Å². The first-order valence-corrected chi connectivity index (χ1v) is 5.60. The van der Waals surface area contributed by atoms with Gasteiger partial charge in [-0.15, -0.1) is 0 Å². The fourth-order valence-corrected chi connectivity index (χ4v) is 1.50. The minimum absolute atomic E-state index is 0.0599. The Hall–Kier alpha value is -1.17. The Morgan fingerprint density at radius 1 is 1.20 bits per heavy atom. The van der Waals surface area contributed by atoms with Crippen molar-refractivity contribution in [2.45, 2.75) is 13.0 Å². The summed E-state index contributed by atoms with van der Waals surface area (Å²) in [5, 5.41) is 0. The second-order valence-electron chi connectivity index (χ2n) is 2.83. The molecule has 0 heterocycles. The van der Waals surface area contributed by atoms with Gasteiger partial charge in [-0.05, 0) is 24.1 Å². The van der Waals surface area contributed by atoms with Gasteiger partial charge in [0, 0.05) is 0 Å². The van der Waals surface area contributed by atoms with Gasteiger partial charge in [0.05, 0.1) is 5.75 Å². The summed E-state index contributed by atoms with van der Waals surface area (Å²) < 4.78 is 48.3. The zero-order chi connectivity index (χ0) is 11.3. The van der Waals surface area contributed by atoms with E-state index in [0.717, 1.165) is 5.56 Å². The first-order chi connectivity index (χ1) is 7.08. The molecule has 0 saturated heterocycles. The molecule has 0 N–H and O–H groups in total. The minimum atomic E-state index is -2.84. The molecule has 0 spiro atoms. The molecule has 1 aromatic carbocycles. The molecule has 0 bridgehead atoms. The Kier molecular flexibility index (Phi) is 4.48. The number of thiol groups is 1. The van der Waals surface area contributed by atoms with Crippen LogP contribution in [0.1, 0.15) is 5.56 Å². The molecule has 0 amide bonds. The van der Waals surface area contributed by atoms with Crippen LogP contribution in [0.3, 0.4) is 0 Å². The molecule has 0 saturated carbocycles. The van der Waals surface area contributed by atoms with Crippen LogP contribution >= 0.6 is 0 Å². The lowest BCUT2D eigenvalue weighted by molar-refractivity contribution is -0.0498. The SMILES string of the molecule is O=[SH](=O)CCc1ccc(OC(F)F)cc1. The van der Waals surface area contributed by atoms with Crippen molar-refractivity contribution in [3.05, 3.63) is 29.8 Å². The van der Waals surface area contributed by atoms with E-state index in [1.165, 1.54) is 12.1 Å². The van der Waals surface area contributed by atoms with Gasteiger partial charge >= 0.3 is 6.61 Å². The van der Waals surface area contributed by atoms with E-state index in [9.17, 15) is 17.2 Å². The monoisotopic (exact) mass is 236 g/mol. The number of rotatable bonds is 5. The van der Waals surface area contributed by atoms with Crippen LogP contribution < -0.4 is 4.74 Å². The number of hydrogen-bond donors (Lipinski definition) is 1. The van der Waals surface area contributed by atoms with Crippen molar-refractivity contribution in [2.24, 2.45) is 0 Å². The van der Waals surface area contributed by atoms with E-state index < -0.39 is 17.3 Å². The van der Waals surface area contributed by atoms with Gasteiger partial charge in [-0.3, -0.25) is 0 Å². The van der Waals surface area contributed by atoms with Crippen LogP contribution in [0.2, 0.25) is 0 Å². The molecule has 0 radical (unpaired) electrons. The highest BCUT2D eigenvalue weighted by molar-refractivity contribution is 7.72. The molecular weight excluding hydrogens is 226 g/mol. The van der Waals surface area contributed by atoms with Gasteiger partial charge in [0.15, 0.2) is 0 Å². The number of benzene rings is 1. The quantitative estimate of drug-likeness (QED) is 0.787. The van der Waals surface area contributed by atoms with E-state index in [0.29, 0.717) is 6.42 Å². The van der Waals surface area contributed by atoms with Crippen LogP contribution in [0.15, 0.2) is 24.3 Å². The Morgan fingerprint density at radius 2 is 1.80 bits per heavy atom. The molecule has 0 aromatic heterocycles. The third kappa shape index (κ3) is 4.73. The summed E-state index contributed by atoms with van der Waals surface area (Å²) in [5.41, 5.74) is 0.774. The van der Waals surface area contributed by atoms with Crippen molar-refractivity contribution in [2.75, 3.05) is 5.75 Å². The fraction of sp³-hybridized carbons (Fsp3) is 0.333. The molecule has 1 rings (SSSR count). The van der Waals surface area contributed by atoms with E-state index in [2.05, 4.69) is 4.74 Å². The van der Waals surface area contributed by atoms with Crippen LogP contribution in [0.5, 0.6) is 5.75 Å². The third-order valence-electron chi connectivity index (χ3n) is 1.73. The lowest BCUT2D eigenvalue weighted by Crippen LogP contribution is -2.02. The summed E-state index contributed by atoms with van der Waals surface area (Å²) in [7, 11) is -2.40. The molecule has 0 aliphatic heterocycles. The largest absolute Gasteiger partial charge is 0.435 e. The lowest BCUT2D eigenvalue weighted by atomic mass is 10.2. The predicted octanol–water partition coefficient (Wildman–Crippen LogP) is 1.44. The second-order valence-corrected chi connectivity index (χ2v) is 3.94. The van der Waals surface area contributed by atoms with Crippen molar-refractivity contribution in [1.29, 1.82) is 0 Å². The summed E-state index contributed by atoms with van der Waals surface area (Å²) in [6.45, 7) is -2.84. The molecule has 84 valence electrons. The topological polar surface area (TPSA) is 43.4 Å². The Balaban J connectivity index is 2.56. The molecule has 6 heteroatoms. The number of alkyl halides is 2. The molecule has 15 heavy (non-hydrogen) atoms. The second kappa shape index (κ2) is 5.65. The molecule has 0 aliphatic rings. The molecule has 0 atom stereocenters. The molecule has 3 nitrogen and oxygen atoms in total. The Bertz CT molecular complexity index is 365. The van der Waals surface area contributed by atoms with Crippen LogP contribution in [0.4, 0.5) is 8.78 Å². The molecule has 1 aromatic rings. The van der Waals surface area contributed by atoms with Crippen molar-refractivity contribution in [1.82, 2.24) is 0 Å². The van der Waals surface area contributed by atoms with E-state index in [1.807, 2.05) is 0 Å². The number of aryl methyl sites for hydroxylation is 1. The van der Waals surface area contributed by atoms with Crippen LogP contribution in [-0.2, 0) is 17.1 Å². The van der Waals surface area contributed by atoms with Crippen molar-refractivity contribution in [3.8, 4) is 5.75 Å². The van der Waals surface area contributed by atoms with Crippen molar-refractivity contribution in [3.63, 3.8) is 0 Å². The van der Waals surface area contributed by atoms with Crippen LogP contribution in [0.25, 0.3) is 0 Å². The van der Waals surface area contributed by atoms with Gasteiger partial charge in [0.1, 0.15) is 16.5 Å². The summed E-state index contributed by atoms with van der Waals surface area (Å²) in [4.78, 5) is 0. The average molecular weight is 236 g/mol. The predicted molar refractivity (Wildman–Crippen MR) is 52.0 cm³/mol. The Labute approximate surface area is 87.6 Å². The number of ether oxygens (including phenoxy) is 1. The molecular formula is C9H10F2O3S. The average Bonchev–Trinajstić information content (AvgIpc) is 2.16. The zero-order valence-corrected chi connectivity index (χ0v) is 8.62. The third-order valence-corrected chi connectivity index (χ3v) is 2.32. The molecule has 0 unspecified atom stereocenters. The van der Waals surface area contributed by atoms with Crippen LogP contribution in [0, 0.1) is 0 Å². The number of halogens is 2. The number of hydrogen-bond acceptors (Lipinski definition) is 3. The standard InChI is InChI=1S/C9H10F2O3S/c10-9(11)14-8-3-1-7(2-4-8)5-6-15(12)13/h1-4,9,15H,5-6H2. The van der Waals surface area contributed by atoms with Crippen molar-refractivity contribution >= 4 is 10.7 Å². The summed E-state index contributed by atoms with van der Waals surface area (Å²) >= 11 is 0. The first kappa shape index (κ1) is 11.9. The van der Waals surface area contributed by atoms with E-state index in [4.69, 9.17) is 0 Å². The van der Waals surface area contributed by atoms with Gasteiger partial charge in [0.25, 0.3) is 0 Å². The van der Waals surface area contributed by atoms with E-state index in [-0.39, 0.29) is 11.5 Å². The fourth-order valence-electron chi connectivity index (χ4n) is 1.06. The van der Waals surface area contributed by atoms with Gasteiger partial charge in [-0.25, -0.2) is 8.42 Å². The lowest BCUT2D eigenvalue weighted by Gasteiger charge is -2.04. The summed E-state index contributed by atoms with van der Waals surface area (Å²) in [6.07, 6.45) is 0.383. The van der Waals surface area contributed by atoms with Crippen LogP contribution in [-0.4, -0.2) is 20.8 Å². The summed E-state index contributed by atoms with van der Waals surface area (Å²) in [6, 6.07) is 5.91. The minimum Gasteiger partial charge on any atom is -0.435 e. The zero-order valence-electron chi connectivity index (χ0n) is 7.73. The van der Waals surface area contributed by atoms with Gasteiger partial charge in [-0.2, -0.15) is 8.78 Å². The highest BCUT2D eigenvalue weighted by atomic mass is 32.2.